The van der Waals surface area contributed by atoms with Gasteiger partial charge in [0.2, 0.25) is 0 Å². The molecule has 0 fully saturated rings. The predicted octanol–water partition coefficient (Wildman–Crippen LogP) is 3.34. The zero-order valence-electron chi connectivity index (χ0n) is 15.9. The Kier molecular flexibility index (Phi) is 4.38. The minimum atomic E-state index is -1.02. The number of imidazole rings is 1. The molecule has 0 radical (unpaired) electrons. The fourth-order valence-corrected chi connectivity index (χ4v) is 2.98. The molecule has 0 aliphatic carbocycles. The molecule has 4 rings (SSSR count). The fourth-order valence-electron chi connectivity index (χ4n) is 2.98. The first kappa shape index (κ1) is 18.4. The fraction of sp³-hybridized carbons (Fsp3) is 0.143. The van der Waals surface area contributed by atoms with Crippen LogP contribution < -0.4 is 5.32 Å². The minimum Gasteiger partial charge on any atom is -0.481 e. The quantitative estimate of drug-likeness (QED) is 0.485. The summed E-state index contributed by atoms with van der Waals surface area (Å²) < 4.78 is 1.83. The van der Waals surface area contributed by atoms with Crippen molar-refractivity contribution in [2.75, 3.05) is 5.32 Å². The Morgan fingerprint density at radius 3 is 2.48 bits per heavy atom. The number of anilines is 1. The number of carbonyl (C=O) groups is 2. The van der Waals surface area contributed by atoms with Crippen molar-refractivity contribution in [3.8, 4) is 11.1 Å². The molecule has 0 bridgehead atoms. The van der Waals surface area contributed by atoms with Gasteiger partial charge in [0, 0.05) is 29.1 Å². The van der Waals surface area contributed by atoms with Crippen LogP contribution in [-0.2, 0) is 10.2 Å². The molecular weight excluding hydrogens is 370 g/mol. The van der Waals surface area contributed by atoms with Crippen LogP contribution in [0.5, 0.6) is 0 Å². The van der Waals surface area contributed by atoms with Crippen LogP contribution in [0.25, 0.3) is 16.8 Å². The highest BCUT2D eigenvalue weighted by Crippen LogP contribution is 2.24. The monoisotopic (exact) mass is 389 g/mol. The van der Waals surface area contributed by atoms with Crippen molar-refractivity contribution in [1.29, 1.82) is 0 Å². The van der Waals surface area contributed by atoms with Crippen molar-refractivity contribution in [2.45, 2.75) is 19.3 Å². The van der Waals surface area contributed by atoms with E-state index in [0.717, 1.165) is 11.1 Å². The summed E-state index contributed by atoms with van der Waals surface area (Å²) in [6.07, 6.45) is 7.18. The lowest BCUT2D eigenvalue weighted by atomic mass is 9.84. The summed E-state index contributed by atoms with van der Waals surface area (Å²) in [6, 6.07) is 10.3. The number of hydrogen-bond donors (Lipinski definition) is 3. The summed E-state index contributed by atoms with van der Waals surface area (Å²) in [6.45, 7) is 3.25. The zero-order chi connectivity index (χ0) is 20.6. The van der Waals surface area contributed by atoms with E-state index in [1.165, 1.54) is 0 Å². The largest absolute Gasteiger partial charge is 0.481 e. The maximum atomic E-state index is 12.6. The molecule has 1 aromatic carbocycles. The molecule has 1 amide bonds. The number of fused-ring (bicyclic) bond motifs is 1. The van der Waals surface area contributed by atoms with E-state index in [1.54, 1.807) is 56.7 Å². The van der Waals surface area contributed by atoms with E-state index in [1.807, 2.05) is 22.7 Å². The third kappa shape index (κ3) is 3.47. The van der Waals surface area contributed by atoms with Crippen molar-refractivity contribution in [2.24, 2.45) is 0 Å². The van der Waals surface area contributed by atoms with Gasteiger partial charge >= 0.3 is 5.97 Å². The average Bonchev–Trinajstić information content (AvgIpc) is 3.36. The van der Waals surface area contributed by atoms with Gasteiger partial charge in [-0.25, -0.2) is 4.98 Å². The number of nitrogens with one attached hydrogen (secondary N) is 2. The lowest BCUT2D eigenvalue weighted by molar-refractivity contribution is -0.142. The van der Waals surface area contributed by atoms with Gasteiger partial charge in [-0.3, -0.25) is 14.7 Å². The van der Waals surface area contributed by atoms with E-state index in [-0.39, 0.29) is 5.91 Å². The average molecular weight is 389 g/mol. The SMILES string of the molecule is CC(C)(C(=O)O)c1ccc(C(=O)Nc2cn3cc(-c4cn[nH]c4)ccc3n2)cc1. The molecule has 3 N–H and O–H groups in total. The van der Waals surface area contributed by atoms with Gasteiger partial charge in [-0.05, 0) is 43.7 Å². The molecule has 0 aliphatic heterocycles. The highest BCUT2D eigenvalue weighted by molar-refractivity contribution is 6.04. The lowest BCUT2D eigenvalue weighted by Crippen LogP contribution is -2.28. The summed E-state index contributed by atoms with van der Waals surface area (Å²) in [5.41, 5.74) is 2.65. The van der Waals surface area contributed by atoms with Gasteiger partial charge in [-0.1, -0.05) is 12.1 Å². The maximum Gasteiger partial charge on any atom is 0.313 e. The first-order valence-corrected chi connectivity index (χ1v) is 8.98. The smallest absolute Gasteiger partial charge is 0.313 e. The number of amides is 1. The Balaban J connectivity index is 1.53. The molecular formula is C21H19N5O3. The van der Waals surface area contributed by atoms with Crippen molar-refractivity contribution in [3.63, 3.8) is 0 Å². The van der Waals surface area contributed by atoms with E-state index >= 15 is 0 Å². The highest BCUT2D eigenvalue weighted by Gasteiger charge is 2.29. The van der Waals surface area contributed by atoms with Gasteiger partial charge < -0.3 is 14.8 Å². The van der Waals surface area contributed by atoms with E-state index < -0.39 is 11.4 Å². The summed E-state index contributed by atoms with van der Waals surface area (Å²) in [4.78, 5) is 28.3. The number of aliphatic carboxylic acids is 1. The van der Waals surface area contributed by atoms with Crippen molar-refractivity contribution in [1.82, 2.24) is 19.6 Å². The molecule has 8 heteroatoms. The second kappa shape index (κ2) is 6.90. The lowest BCUT2D eigenvalue weighted by Gasteiger charge is -2.19. The number of aromatic amines is 1. The molecule has 8 nitrogen and oxygen atoms in total. The molecule has 3 aromatic heterocycles. The van der Waals surface area contributed by atoms with Gasteiger partial charge in [0.1, 0.15) is 5.65 Å². The highest BCUT2D eigenvalue weighted by atomic mass is 16.4. The predicted molar refractivity (Wildman–Crippen MR) is 108 cm³/mol. The topological polar surface area (TPSA) is 112 Å². The molecule has 0 saturated heterocycles. The molecule has 0 atom stereocenters. The third-order valence-corrected chi connectivity index (χ3v) is 4.93. The van der Waals surface area contributed by atoms with E-state index in [9.17, 15) is 14.7 Å². The molecule has 3 heterocycles. The van der Waals surface area contributed by atoms with Gasteiger partial charge in [-0.2, -0.15) is 5.10 Å². The number of hydrogen-bond acceptors (Lipinski definition) is 4. The zero-order valence-corrected chi connectivity index (χ0v) is 15.9. The van der Waals surface area contributed by atoms with Crippen molar-refractivity contribution >= 4 is 23.3 Å². The number of benzene rings is 1. The van der Waals surface area contributed by atoms with Crippen LogP contribution in [0.1, 0.15) is 29.8 Å². The van der Waals surface area contributed by atoms with Crippen LogP contribution in [0.15, 0.2) is 61.2 Å². The Hall–Kier alpha value is -3.94. The second-order valence-electron chi connectivity index (χ2n) is 7.26. The Morgan fingerprint density at radius 1 is 1.07 bits per heavy atom. The third-order valence-electron chi connectivity index (χ3n) is 4.93. The van der Waals surface area contributed by atoms with Gasteiger partial charge in [0.15, 0.2) is 5.82 Å². The second-order valence-corrected chi connectivity index (χ2v) is 7.26. The first-order chi connectivity index (χ1) is 13.8. The van der Waals surface area contributed by atoms with Gasteiger partial charge in [0.05, 0.1) is 17.8 Å². The molecule has 0 unspecified atom stereocenters. The van der Waals surface area contributed by atoms with E-state index in [2.05, 4.69) is 20.5 Å². The van der Waals surface area contributed by atoms with Crippen molar-refractivity contribution < 1.29 is 14.7 Å². The van der Waals surface area contributed by atoms with Crippen LogP contribution in [0.2, 0.25) is 0 Å². The number of H-pyrrole nitrogens is 1. The summed E-state index contributed by atoms with van der Waals surface area (Å²) in [7, 11) is 0. The number of carboxylic acid groups (broad SMARTS) is 1. The van der Waals surface area contributed by atoms with Crippen LogP contribution in [0, 0.1) is 0 Å². The molecule has 0 spiro atoms. The van der Waals surface area contributed by atoms with E-state index in [0.29, 0.717) is 22.6 Å². The molecule has 146 valence electrons. The van der Waals surface area contributed by atoms with E-state index in [4.69, 9.17) is 0 Å². The number of carbonyl (C=O) groups excluding carboxylic acids is 1. The van der Waals surface area contributed by atoms with Gasteiger partial charge in [-0.15, -0.1) is 0 Å². The number of aromatic nitrogens is 4. The summed E-state index contributed by atoms with van der Waals surface area (Å²) in [5, 5.41) is 18.8. The molecule has 4 aromatic rings. The summed E-state index contributed by atoms with van der Waals surface area (Å²) >= 11 is 0. The first-order valence-electron chi connectivity index (χ1n) is 8.98. The standard InChI is InChI=1S/C21H19N5O3/c1-21(2,20(28)29)16-6-3-13(4-7-16)19(27)25-17-12-26-11-14(5-8-18(26)24-17)15-9-22-23-10-15/h3-12H,1-2H3,(H,22,23)(H,25,27)(H,28,29). The normalized spacial score (nSPS) is 11.5. The molecule has 0 saturated carbocycles. The van der Waals surface area contributed by atoms with Crippen LogP contribution >= 0.6 is 0 Å². The summed E-state index contributed by atoms with van der Waals surface area (Å²) in [5.74, 6) is -0.813. The van der Waals surface area contributed by atoms with Crippen LogP contribution in [0.4, 0.5) is 5.82 Å². The molecule has 0 aliphatic rings. The van der Waals surface area contributed by atoms with Crippen LogP contribution in [-0.4, -0.2) is 36.6 Å². The number of rotatable bonds is 5. The number of carboxylic acids is 1. The number of pyridine rings is 1. The Labute approximate surface area is 166 Å². The van der Waals surface area contributed by atoms with Crippen molar-refractivity contribution in [3.05, 3.63) is 72.3 Å². The minimum absolute atomic E-state index is 0.317. The molecule has 29 heavy (non-hydrogen) atoms. The van der Waals surface area contributed by atoms with Gasteiger partial charge in [0.25, 0.3) is 5.91 Å². The maximum absolute atomic E-state index is 12.6. The Morgan fingerprint density at radius 2 is 1.83 bits per heavy atom. The Bertz CT molecular complexity index is 1190. The van der Waals surface area contributed by atoms with Crippen LogP contribution in [0.3, 0.4) is 0 Å². The number of nitrogens with zero attached hydrogens (tertiary/aromatic N) is 3.